The summed E-state index contributed by atoms with van der Waals surface area (Å²) in [6.07, 6.45) is -2.90. The second-order valence-electron chi connectivity index (χ2n) is 5.26. The van der Waals surface area contributed by atoms with E-state index in [4.69, 9.17) is 5.26 Å². The van der Waals surface area contributed by atoms with Crippen LogP contribution in [0.3, 0.4) is 0 Å². The van der Waals surface area contributed by atoms with E-state index in [1.807, 2.05) is 9.80 Å². The van der Waals surface area contributed by atoms with Crippen molar-refractivity contribution in [3.63, 3.8) is 0 Å². The molecule has 1 aliphatic heterocycles. The Morgan fingerprint density at radius 2 is 1.62 bits per heavy atom. The molecule has 0 aromatic carbocycles. The molecule has 9 heteroatoms. The third kappa shape index (κ3) is 3.37. The van der Waals surface area contributed by atoms with Gasteiger partial charge in [0.05, 0.1) is 11.6 Å². The summed E-state index contributed by atoms with van der Waals surface area (Å²) in [4.78, 5) is 8.15. The van der Waals surface area contributed by atoms with E-state index >= 15 is 0 Å². The number of rotatable bonds is 2. The van der Waals surface area contributed by atoms with Crippen molar-refractivity contribution in [1.82, 2.24) is 15.2 Å². The maximum absolute atomic E-state index is 12.5. The van der Waals surface area contributed by atoms with Gasteiger partial charge in [-0.1, -0.05) is 0 Å². The zero-order chi connectivity index (χ0) is 17.2. The number of pyridine rings is 1. The lowest BCUT2D eigenvalue weighted by Crippen LogP contribution is -2.47. The van der Waals surface area contributed by atoms with Gasteiger partial charge in [0.2, 0.25) is 0 Å². The molecule has 0 N–H and O–H groups in total. The van der Waals surface area contributed by atoms with Crippen LogP contribution in [0.5, 0.6) is 0 Å². The molecule has 1 saturated heterocycles. The quantitative estimate of drug-likeness (QED) is 0.838. The molecule has 0 aliphatic carbocycles. The van der Waals surface area contributed by atoms with Crippen LogP contribution >= 0.6 is 0 Å². The predicted octanol–water partition coefficient (Wildman–Crippen LogP) is 2.09. The van der Waals surface area contributed by atoms with Crippen LogP contribution in [0.4, 0.5) is 24.8 Å². The van der Waals surface area contributed by atoms with E-state index in [-0.39, 0.29) is 0 Å². The first-order valence-electron chi connectivity index (χ1n) is 7.24. The molecule has 0 atom stereocenters. The lowest BCUT2D eigenvalue weighted by atomic mass is 10.2. The predicted molar refractivity (Wildman–Crippen MR) is 80.4 cm³/mol. The number of aromatic nitrogens is 3. The van der Waals surface area contributed by atoms with E-state index in [0.717, 1.165) is 6.07 Å². The lowest BCUT2D eigenvalue weighted by Gasteiger charge is -2.35. The van der Waals surface area contributed by atoms with Crippen LogP contribution in [-0.2, 0) is 6.18 Å². The molecule has 0 amide bonds. The van der Waals surface area contributed by atoms with Gasteiger partial charge in [-0.2, -0.15) is 18.4 Å². The Kier molecular flexibility index (Phi) is 4.20. The summed E-state index contributed by atoms with van der Waals surface area (Å²) in [6.45, 7) is 2.42. The summed E-state index contributed by atoms with van der Waals surface area (Å²) in [5.74, 6) is 1.13. The van der Waals surface area contributed by atoms with Crippen molar-refractivity contribution in [1.29, 1.82) is 5.26 Å². The standard InChI is InChI=1S/C15H13F3N6/c16-15(17,18)12-1-2-13(22-21-12)23-5-7-24(8-6-23)14-9-11(10-19)3-4-20-14/h1-4,9H,5-8H2. The van der Waals surface area contributed by atoms with Crippen molar-refractivity contribution in [2.45, 2.75) is 6.18 Å². The molecule has 1 fully saturated rings. The van der Waals surface area contributed by atoms with Gasteiger partial charge in [-0.3, -0.25) is 0 Å². The highest BCUT2D eigenvalue weighted by Crippen LogP contribution is 2.27. The van der Waals surface area contributed by atoms with Crippen LogP contribution in [0.1, 0.15) is 11.3 Å². The molecule has 3 rings (SSSR count). The molecule has 0 unspecified atom stereocenters. The van der Waals surface area contributed by atoms with Crippen molar-refractivity contribution in [3.8, 4) is 6.07 Å². The van der Waals surface area contributed by atoms with Crippen LogP contribution in [0.25, 0.3) is 0 Å². The molecule has 24 heavy (non-hydrogen) atoms. The zero-order valence-electron chi connectivity index (χ0n) is 12.5. The molecule has 6 nitrogen and oxygen atoms in total. The van der Waals surface area contributed by atoms with Crippen LogP contribution in [0, 0.1) is 11.3 Å². The first kappa shape index (κ1) is 16.0. The molecule has 0 spiro atoms. The van der Waals surface area contributed by atoms with Gasteiger partial charge in [-0.15, -0.1) is 10.2 Å². The highest BCUT2D eigenvalue weighted by molar-refractivity contribution is 5.47. The van der Waals surface area contributed by atoms with Gasteiger partial charge in [0, 0.05) is 32.4 Å². The lowest BCUT2D eigenvalue weighted by molar-refractivity contribution is -0.141. The number of anilines is 2. The molecule has 2 aromatic rings. The fourth-order valence-electron chi connectivity index (χ4n) is 2.47. The largest absolute Gasteiger partial charge is 0.435 e. The van der Waals surface area contributed by atoms with Crippen LogP contribution < -0.4 is 9.80 Å². The second kappa shape index (κ2) is 6.31. The minimum absolute atomic E-state index is 0.418. The van der Waals surface area contributed by atoms with Gasteiger partial charge in [0.25, 0.3) is 0 Å². The van der Waals surface area contributed by atoms with Crippen molar-refractivity contribution >= 4 is 11.6 Å². The summed E-state index contributed by atoms with van der Waals surface area (Å²) < 4.78 is 37.5. The number of halogens is 3. The van der Waals surface area contributed by atoms with E-state index < -0.39 is 11.9 Å². The van der Waals surface area contributed by atoms with Crippen molar-refractivity contribution in [3.05, 3.63) is 41.7 Å². The summed E-state index contributed by atoms with van der Waals surface area (Å²) in [7, 11) is 0. The van der Waals surface area contributed by atoms with Gasteiger partial charge in [0.1, 0.15) is 5.82 Å². The Balaban J connectivity index is 1.65. The van der Waals surface area contributed by atoms with E-state index in [0.29, 0.717) is 43.4 Å². The smallest absolute Gasteiger partial charge is 0.353 e. The van der Waals surface area contributed by atoms with Crippen LogP contribution in [0.2, 0.25) is 0 Å². The van der Waals surface area contributed by atoms with E-state index in [1.54, 1.807) is 18.3 Å². The van der Waals surface area contributed by atoms with Gasteiger partial charge >= 0.3 is 6.18 Å². The highest BCUT2D eigenvalue weighted by Gasteiger charge is 2.33. The average Bonchev–Trinajstić information content (AvgIpc) is 2.61. The van der Waals surface area contributed by atoms with E-state index in [9.17, 15) is 13.2 Å². The van der Waals surface area contributed by atoms with Gasteiger partial charge in [0.15, 0.2) is 11.5 Å². The minimum atomic E-state index is -4.48. The second-order valence-corrected chi connectivity index (χ2v) is 5.26. The third-order valence-electron chi connectivity index (χ3n) is 3.74. The molecule has 1 aliphatic rings. The van der Waals surface area contributed by atoms with Gasteiger partial charge in [-0.05, 0) is 24.3 Å². The molecule has 3 heterocycles. The topological polar surface area (TPSA) is 68.9 Å². The molecule has 124 valence electrons. The maximum atomic E-state index is 12.5. The third-order valence-corrected chi connectivity index (χ3v) is 3.74. The summed E-state index contributed by atoms with van der Waals surface area (Å²) in [5.41, 5.74) is -0.460. The number of nitriles is 1. The van der Waals surface area contributed by atoms with Crippen LogP contribution in [-0.4, -0.2) is 41.4 Å². The average molecular weight is 334 g/mol. The van der Waals surface area contributed by atoms with E-state index in [2.05, 4.69) is 21.3 Å². The van der Waals surface area contributed by atoms with E-state index in [1.165, 1.54) is 6.07 Å². The molecule has 0 saturated carbocycles. The normalized spacial score (nSPS) is 15.2. The summed E-state index contributed by atoms with van der Waals surface area (Å²) >= 11 is 0. The fourth-order valence-corrected chi connectivity index (χ4v) is 2.47. The highest BCUT2D eigenvalue weighted by atomic mass is 19.4. The SMILES string of the molecule is N#Cc1ccnc(N2CCN(c3ccc(C(F)(F)F)nn3)CC2)c1. The molecular formula is C15H13F3N6. The first-order valence-corrected chi connectivity index (χ1v) is 7.24. The Labute approximate surface area is 136 Å². The number of nitrogens with zero attached hydrogens (tertiary/aromatic N) is 6. The fraction of sp³-hybridized carbons (Fsp3) is 0.333. The summed E-state index contributed by atoms with van der Waals surface area (Å²) in [6, 6.07) is 7.69. The number of hydrogen-bond donors (Lipinski definition) is 0. The Hall–Kier alpha value is -2.89. The number of alkyl halides is 3. The molecule has 0 radical (unpaired) electrons. The zero-order valence-corrected chi connectivity index (χ0v) is 12.5. The monoisotopic (exact) mass is 334 g/mol. The Morgan fingerprint density at radius 3 is 2.17 bits per heavy atom. The van der Waals surface area contributed by atoms with Gasteiger partial charge in [-0.25, -0.2) is 4.98 Å². The van der Waals surface area contributed by atoms with Gasteiger partial charge < -0.3 is 9.80 Å². The van der Waals surface area contributed by atoms with Crippen molar-refractivity contribution in [2.75, 3.05) is 36.0 Å². The minimum Gasteiger partial charge on any atom is -0.353 e. The Bertz CT molecular complexity index is 745. The molecule has 2 aromatic heterocycles. The molecular weight excluding hydrogens is 321 g/mol. The summed E-state index contributed by atoms with van der Waals surface area (Å²) in [5, 5.41) is 15.9. The maximum Gasteiger partial charge on any atom is 0.435 e. The van der Waals surface area contributed by atoms with Crippen molar-refractivity contribution in [2.24, 2.45) is 0 Å². The number of piperazine rings is 1. The molecule has 0 bridgehead atoms. The Morgan fingerprint density at radius 1 is 0.958 bits per heavy atom. The number of hydrogen-bond acceptors (Lipinski definition) is 6. The van der Waals surface area contributed by atoms with Crippen LogP contribution in [0.15, 0.2) is 30.5 Å². The van der Waals surface area contributed by atoms with Crippen molar-refractivity contribution < 1.29 is 13.2 Å². The first-order chi connectivity index (χ1) is 11.5.